The molecule has 1 N–H and O–H groups in total. The molecule has 0 bridgehead atoms. The highest BCUT2D eigenvalue weighted by Gasteiger charge is 2.05. The van der Waals surface area contributed by atoms with Crippen molar-refractivity contribution >= 4 is 0 Å². The minimum Gasteiger partial charge on any atom is -0.320 e. The molecular formula is C13H20N4. The molecular weight excluding hydrogens is 212 g/mol. The van der Waals surface area contributed by atoms with Gasteiger partial charge in [-0.05, 0) is 38.5 Å². The Labute approximate surface area is 102 Å². The second-order valence-corrected chi connectivity index (χ2v) is 4.39. The van der Waals surface area contributed by atoms with Gasteiger partial charge in [-0.1, -0.05) is 6.92 Å². The van der Waals surface area contributed by atoms with Crippen LogP contribution in [0.1, 0.15) is 29.7 Å². The summed E-state index contributed by atoms with van der Waals surface area (Å²) < 4.78 is 4.05. The first-order chi connectivity index (χ1) is 8.11. The minimum atomic E-state index is 0.792. The monoisotopic (exact) mass is 232 g/mol. The third kappa shape index (κ3) is 2.35. The third-order valence-corrected chi connectivity index (χ3v) is 3.08. The van der Waals surface area contributed by atoms with E-state index >= 15 is 0 Å². The van der Waals surface area contributed by atoms with Crippen molar-refractivity contribution in [2.75, 3.05) is 5.43 Å². The molecule has 4 nitrogen and oxygen atoms in total. The molecule has 0 unspecified atom stereocenters. The summed E-state index contributed by atoms with van der Waals surface area (Å²) in [7, 11) is 1.99. The van der Waals surface area contributed by atoms with E-state index in [1.165, 1.54) is 17.1 Å². The molecule has 0 saturated heterocycles. The molecule has 2 heterocycles. The number of nitrogens with one attached hydrogen (secondary N) is 1. The van der Waals surface area contributed by atoms with E-state index < -0.39 is 0 Å². The topological polar surface area (TPSA) is 34.8 Å². The molecule has 0 atom stereocenters. The van der Waals surface area contributed by atoms with Gasteiger partial charge >= 0.3 is 0 Å². The summed E-state index contributed by atoms with van der Waals surface area (Å²) in [6.45, 7) is 7.11. The van der Waals surface area contributed by atoms with E-state index in [1.54, 1.807) is 0 Å². The molecule has 0 aromatic carbocycles. The third-order valence-electron chi connectivity index (χ3n) is 3.08. The zero-order valence-electron chi connectivity index (χ0n) is 11.0. The van der Waals surface area contributed by atoms with Crippen LogP contribution in [0.5, 0.6) is 0 Å². The van der Waals surface area contributed by atoms with Crippen LogP contribution in [0.3, 0.4) is 0 Å². The Morgan fingerprint density at radius 3 is 2.41 bits per heavy atom. The smallest absolute Gasteiger partial charge is 0.0733 e. The van der Waals surface area contributed by atoms with E-state index in [9.17, 15) is 0 Å². The Morgan fingerprint density at radius 2 is 1.88 bits per heavy atom. The molecule has 92 valence electrons. The van der Waals surface area contributed by atoms with Gasteiger partial charge in [0.05, 0.1) is 17.9 Å². The van der Waals surface area contributed by atoms with Gasteiger partial charge in [0, 0.05) is 18.4 Å². The number of hydrogen-bond donors (Lipinski definition) is 1. The van der Waals surface area contributed by atoms with E-state index in [4.69, 9.17) is 0 Å². The molecule has 0 saturated carbocycles. The van der Waals surface area contributed by atoms with Crippen LogP contribution in [-0.2, 0) is 20.0 Å². The van der Waals surface area contributed by atoms with Gasteiger partial charge in [-0.2, -0.15) is 5.10 Å². The average Bonchev–Trinajstić information content (AvgIpc) is 2.81. The predicted octanol–water partition coefficient (Wildman–Crippen LogP) is 2.14. The van der Waals surface area contributed by atoms with E-state index in [2.05, 4.69) is 54.2 Å². The maximum Gasteiger partial charge on any atom is 0.0733 e. The fourth-order valence-electron chi connectivity index (χ4n) is 1.99. The first-order valence-electron chi connectivity index (χ1n) is 6.02. The molecule has 0 amide bonds. The first-order valence-corrected chi connectivity index (χ1v) is 6.02. The first kappa shape index (κ1) is 11.8. The number of rotatable bonds is 4. The van der Waals surface area contributed by atoms with Crippen molar-refractivity contribution in [1.82, 2.24) is 14.5 Å². The Bertz CT molecular complexity index is 488. The van der Waals surface area contributed by atoms with E-state index in [1.807, 2.05) is 11.7 Å². The van der Waals surface area contributed by atoms with Gasteiger partial charge in [-0.3, -0.25) is 9.36 Å². The quantitative estimate of drug-likeness (QED) is 0.876. The van der Waals surface area contributed by atoms with Crippen molar-refractivity contribution in [3.05, 3.63) is 41.0 Å². The molecule has 17 heavy (non-hydrogen) atoms. The van der Waals surface area contributed by atoms with Crippen LogP contribution in [0.25, 0.3) is 0 Å². The van der Waals surface area contributed by atoms with Gasteiger partial charge < -0.3 is 5.43 Å². The second-order valence-electron chi connectivity index (χ2n) is 4.39. The van der Waals surface area contributed by atoms with E-state index in [0.717, 1.165) is 18.7 Å². The Balaban J connectivity index is 2.09. The van der Waals surface area contributed by atoms with Crippen molar-refractivity contribution < 1.29 is 0 Å². The van der Waals surface area contributed by atoms with Crippen molar-refractivity contribution in [3.8, 4) is 0 Å². The Kier molecular flexibility index (Phi) is 3.22. The molecule has 4 heteroatoms. The second kappa shape index (κ2) is 4.65. The summed E-state index contributed by atoms with van der Waals surface area (Å²) in [5, 5.41) is 4.44. The zero-order valence-corrected chi connectivity index (χ0v) is 11.0. The van der Waals surface area contributed by atoms with Crippen molar-refractivity contribution in [2.45, 2.75) is 33.7 Å². The molecule has 2 rings (SSSR count). The summed E-state index contributed by atoms with van der Waals surface area (Å²) in [6.07, 6.45) is 0.982. The average molecular weight is 232 g/mol. The Hall–Kier alpha value is -1.71. The molecule has 0 aliphatic heterocycles. The molecule has 0 spiro atoms. The molecule has 2 aromatic heterocycles. The normalized spacial score (nSPS) is 10.8. The van der Waals surface area contributed by atoms with Gasteiger partial charge in [-0.15, -0.1) is 0 Å². The fourth-order valence-corrected chi connectivity index (χ4v) is 1.99. The van der Waals surface area contributed by atoms with Crippen LogP contribution in [0.15, 0.2) is 18.2 Å². The van der Waals surface area contributed by atoms with Crippen LogP contribution in [-0.4, -0.2) is 14.5 Å². The highest BCUT2D eigenvalue weighted by Crippen LogP contribution is 2.07. The van der Waals surface area contributed by atoms with Crippen LogP contribution >= 0.6 is 0 Å². The Morgan fingerprint density at radius 1 is 1.24 bits per heavy atom. The summed E-state index contributed by atoms with van der Waals surface area (Å²) in [4.78, 5) is 0. The summed E-state index contributed by atoms with van der Waals surface area (Å²) in [5.41, 5.74) is 8.20. The van der Waals surface area contributed by atoms with Gasteiger partial charge in [-0.25, -0.2) is 0 Å². The van der Waals surface area contributed by atoms with Crippen LogP contribution < -0.4 is 5.43 Å². The summed E-state index contributed by atoms with van der Waals surface area (Å²) in [6, 6.07) is 6.38. The lowest BCUT2D eigenvalue weighted by Crippen LogP contribution is -2.18. The van der Waals surface area contributed by atoms with Crippen molar-refractivity contribution in [3.63, 3.8) is 0 Å². The van der Waals surface area contributed by atoms with Gasteiger partial charge in [0.2, 0.25) is 0 Å². The number of nitrogens with zero attached hydrogens (tertiary/aromatic N) is 3. The predicted molar refractivity (Wildman–Crippen MR) is 69.6 cm³/mol. The molecule has 2 aromatic rings. The zero-order chi connectivity index (χ0) is 12.4. The van der Waals surface area contributed by atoms with Gasteiger partial charge in [0.15, 0.2) is 0 Å². The molecule has 0 fully saturated rings. The summed E-state index contributed by atoms with van der Waals surface area (Å²) >= 11 is 0. The van der Waals surface area contributed by atoms with Gasteiger partial charge in [0.25, 0.3) is 0 Å². The number of aryl methyl sites for hydroxylation is 4. The van der Waals surface area contributed by atoms with Crippen LogP contribution in [0.2, 0.25) is 0 Å². The number of hydrogen-bond acceptors (Lipinski definition) is 2. The lowest BCUT2D eigenvalue weighted by molar-refractivity contribution is 0.682. The highest BCUT2D eigenvalue weighted by atomic mass is 15.4. The standard InChI is InChI=1S/C13H20N4/c1-5-12-8-13(16(4)15-12)9-14-17-10(2)6-7-11(17)3/h6-8,14H,5,9H2,1-4H3. The maximum absolute atomic E-state index is 4.44. The lowest BCUT2D eigenvalue weighted by atomic mass is 10.3. The minimum absolute atomic E-state index is 0.792. The fraction of sp³-hybridized carbons (Fsp3) is 0.462. The van der Waals surface area contributed by atoms with Gasteiger partial charge in [0.1, 0.15) is 0 Å². The number of aromatic nitrogens is 3. The van der Waals surface area contributed by atoms with Crippen LogP contribution in [0.4, 0.5) is 0 Å². The van der Waals surface area contributed by atoms with E-state index in [-0.39, 0.29) is 0 Å². The molecule has 0 radical (unpaired) electrons. The lowest BCUT2D eigenvalue weighted by Gasteiger charge is -2.12. The summed E-state index contributed by atoms with van der Waals surface area (Å²) in [5.74, 6) is 0. The SMILES string of the molecule is CCc1cc(CNn2c(C)ccc2C)n(C)n1. The van der Waals surface area contributed by atoms with Crippen molar-refractivity contribution in [2.24, 2.45) is 7.05 Å². The highest BCUT2D eigenvalue weighted by molar-refractivity contribution is 5.17. The molecule has 0 aliphatic carbocycles. The maximum atomic E-state index is 4.44. The molecule has 0 aliphatic rings. The van der Waals surface area contributed by atoms with Crippen molar-refractivity contribution in [1.29, 1.82) is 0 Å². The van der Waals surface area contributed by atoms with E-state index in [0.29, 0.717) is 0 Å². The largest absolute Gasteiger partial charge is 0.320 e. The van der Waals surface area contributed by atoms with Crippen LogP contribution in [0, 0.1) is 13.8 Å².